The Hall–Kier alpha value is -1.86. The van der Waals surface area contributed by atoms with Crippen molar-refractivity contribution in [3.8, 4) is 6.01 Å². The molecule has 0 N–H and O–H groups in total. The Morgan fingerprint density at radius 2 is 1.87 bits per heavy atom. The lowest BCUT2D eigenvalue weighted by Gasteiger charge is -2.35. The van der Waals surface area contributed by atoms with Crippen LogP contribution < -0.4 is 4.74 Å². The first-order valence-electron chi connectivity index (χ1n) is 7.43. The molecule has 1 saturated heterocycles. The summed E-state index contributed by atoms with van der Waals surface area (Å²) in [5, 5.41) is 0. The molecule has 0 atom stereocenters. The van der Waals surface area contributed by atoms with Crippen LogP contribution in [0.25, 0.3) is 0 Å². The smallest absolute Gasteiger partial charge is 0.433 e. The number of hydrogen-bond donors (Lipinski definition) is 0. The van der Waals surface area contributed by atoms with E-state index in [0.717, 1.165) is 12.3 Å². The van der Waals surface area contributed by atoms with Crippen molar-refractivity contribution in [3.63, 3.8) is 0 Å². The van der Waals surface area contributed by atoms with Crippen LogP contribution >= 0.6 is 0 Å². The van der Waals surface area contributed by atoms with Crippen LogP contribution in [-0.2, 0) is 11.0 Å². The van der Waals surface area contributed by atoms with Gasteiger partial charge in [0.05, 0.1) is 0 Å². The van der Waals surface area contributed by atoms with Crippen molar-refractivity contribution in [1.29, 1.82) is 0 Å². The lowest BCUT2D eigenvalue weighted by atomic mass is 9.93. The first kappa shape index (κ1) is 17.5. The molecule has 0 aromatic carbocycles. The molecule has 23 heavy (non-hydrogen) atoms. The zero-order chi connectivity index (χ0) is 17.3. The van der Waals surface area contributed by atoms with E-state index in [-0.39, 0.29) is 18.0 Å². The maximum Gasteiger partial charge on any atom is 0.433 e. The molecule has 1 aromatic heterocycles. The third-order valence-electron chi connectivity index (χ3n) is 3.57. The molecule has 1 amide bonds. The van der Waals surface area contributed by atoms with Gasteiger partial charge in [-0.05, 0) is 6.07 Å². The molecule has 2 rings (SSSR count). The van der Waals surface area contributed by atoms with Crippen LogP contribution in [-0.4, -0.2) is 40.0 Å². The summed E-state index contributed by atoms with van der Waals surface area (Å²) in [5.74, 6) is 0.0614. The number of rotatable bonds is 2. The largest absolute Gasteiger partial charge is 0.460 e. The highest BCUT2D eigenvalue weighted by Crippen LogP contribution is 2.28. The Morgan fingerprint density at radius 3 is 2.39 bits per heavy atom. The topological polar surface area (TPSA) is 55.3 Å². The lowest BCUT2D eigenvalue weighted by Crippen LogP contribution is -2.46. The van der Waals surface area contributed by atoms with Gasteiger partial charge in [-0.1, -0.05) is 20.8 Å². The number of likely N-dealkylation sites (tertiary alicyclic amines) is 1. The minimum atomic E-state index is -4.52. The van der Waals surface area contributed by atoms with Gasteiger partial charge in [-0.2, -0.15) is 18.2 Å². The number of piperidine rings is 1. The Kier molecular flexibility index (Phi) is 4.81. The third-order valence-corrected chi connectivity index (χ3v) is 3.57. The van der Waals surface area contributed by atoms with E-state index >= 15 is 0 Å². The summed E-state index contributed by atoms with van der Waals surface area (Å²) in [6, 6.07) is 0.526. The monoisotopic (exact) mass is 331 g/mol. The fraction of sp³-hybridized carbons (Fsp3) is 0.667. The van der Waals surface area contributed by atoms with E-state index in [1.165, 1.54) is 0 Å². The highest BCUT2D eigenvalue weighted by molar-refractivity contribution is 5.81. The second-order valence-corrected chi connectivity index (χ2v) is 6.58. The van der Waals surface area contributed by atoms with Gasteiger partial charge in [-0.15, -0.1) is 0 Å². The quantitative estimate of drug-likeness (QED) is 0.836. The van der Waals surface area contributed by atoms with Crippen molar-refractivity contribution >= 4 is 5.91 Å². The Labute approximate surface area is 132 Å². The van der Waals surface area contributed by atoms with Crippen molar-refractivity contribution in [3.05, 3.63) is 18.0 Å². The van der Waals surface area contributed by atoms with Crippen LogP contribution in [0.5, 0.6) is 6.01 Å². The molecule has 1 aromatic rings. The van der Waals surface area contributed by atoms with E-state index in [9.17, 15) is 18.0 Å². The van der Waals surface area contributed by atoms with Crippen molar-refractivity contribution in [2.75, 3.05) is 13.1 Å². The fourth-order valence-corrected chi connectivity index (χ4v) is 2.36. The van der Waals surface area contributed by atoms with E-state index < -0.39 is 17.3 Å². The number of ether oxygens (including phenoxy) is 1. The summed E-state index contributed by atoms with van der Waals surface area (Å²) in [6.07, 6.45) is -2.70. The molecule has 1 aliphatic rings. The Morgan fingerprint density at radius 1 is 1.26 bits per heavy atom. The predicted octanol–water partition coefficient (Wildman–Crippen LogP) is 2.91. The number of amides is 1. The van der Waals surface area contributed by atoms with Crippen LogP contribution in [0.4, 0.5) is 13.2 Å². The summed E-state index contributed by atoms with van der Waals surface area (Å²) in [4.78, 5) is 21.1. The average molecular weight is 331 g/mol. The number of hydrogen-bond acceptors (Lipinski definition) is 4. The zero-order valence-corrected chi connectivity index (χ0v) is 13.4. The van der Waals surface area contributed by atoms with E-state index in [0.29, 0.717) is 25.9 Å². The SMILES string of the molecule is CC(C)(C)C(=O)N1CCC(Oc2nccc(C(F)(F)F)n2)CC1. The van der Waals surface area contributed by atoms with E-state index in [1.807, 2.05) is 20.8 Å². The van der Waals surface area contributed by atoms with E-state index in [2.05, 4.69) is 9.97 Å². The highest BCUT2D eigenvalue weighted by Gasteiger charge is 2.34. The molecule has 1 fully saturated rings. The second kappa shape index (κ2) is 6.33. The second-order valence-electron chi connectivity index (χ2n) is 6.58. The Balaban J connectivity index is 1.94. The molecular formula is C15H20F3N3O2. The Bertz CT molecular complexity index is 562. The van der Waals surface area contributed by atoms with Gasteiger partial charge in [0.15, 0.2) is 5.69 Å². The summed E-state index contributed by atoms with van der Waals surface area (Å²) in [7, 11) is 0. The predicted molar refractivity (Wildman–Crippen MR) is 76.7 cm³/mol. The molecular weight excluding hydrogens is 311 g/mol. The molecule has 5 nitrogen and oxygen atoms in total. The standard InChI is InChI=1S/C15H20F3N3O2/c1-14(2,3)12(22)21-8-5-10(6-9-21)23-13-19-7-4-11(20-13)15(16,17)18/h4,7,10H,5-6,8-9H2,1-3H3. The van der Waals surface area contributed by atoms with Crippen LogP contribution in [0.15, 0.2) is 12.3 Å². The first-order chi connectivity index (χ1) is 10.6. The summed E-state index contributed by atoms with van der Waals surface area (Å²) >= 11 is 0. The van der Waals surface area contributed by atoms with Crippen molar-refractivity contribution in [1.82, 2.24) is 14.9 Å². The maximum atomic E-state index is 12.6. The number of halogens is 3. The molecule has 0 aliphatic carbocycles. The molecule has 0 unspecified atom stereocenters. The van der Waals surface area contributed by atoms with Gasteiger partial charge in [0.25, 0.3) is 0 Å². The molecule has 0 spiro atoms. The number of carbonyl (C=O) groups excluding carboxylic acids is 1. The minimum absolute atomic E-state index is 0.0614. The molecule has 0 radical (unpaired) electrons. The van der Waals surface area contributed by atoms with Gasteiger partial charge in [0.1, 0.15) is 6.10 Å². The van der Waals surface area contributed by atoms with E-state index in [1.54, 1.807) is 4.90 Å². The first-order valence-corrected chi connectivity index (χ1v) is 7.43. The summed E-state index contributed by atoms with van der Waals surface area (Å²) in [6.45, 7) is 6.59. The average Bonchev–Trinajstić information content (AvgIpc) is 2.46. The van der Waals surface area contributed by atoms with Crippen LogP contribution in [0.3, 0.4) is 0 Å². The van der Waals surface area contributed by atoms with Gasteiger partial charge < -0.3 is 9.64 Å². The number of alkyl halides is 3. The van der Waals surface area contributed by atoms with Crippen molar-refractivity contribution < 1.29 is 22.7 Å². The highest BCUT2D eigenvalue weighted by atomic mass is 19.4. The van der Waals surface area contributed by atoms with Crippen LogP contribution in [0, 0.1) is 5.41 Å². The maximum absolute atomic E-state index is 12.6. The number of carbonyl (C=O) groups is 1. The summed E-state index contributed by atoms with van der Waals surface area (Å²) < 4.78 is 43.3. The van der Waals surface area contributed by atoms with Gasteiger partial charge in [-0.25, -0.2) is 4.98 Å². The molecule has 0 bridgehead atoms. The van der Waals surface area contributed by atoms with Crippen LogP contribution in [0.1, 0.15) is 39.3 Å². The zero-order valence-electron chi connectivity index (χ0n) is 13.4. The molecule has 0 saturated carbocycles. The van der Waals surface area contributed by atoms with Gasteiger partial charge >= 0.3 is 12.2 Å². The normalized spacial score (nSPS) is 17.2. The van der Waals surface area contributed by atoms with Crippen molar-refractivity contribution in [2.24, 2.45) is 5.41 Å². The van der Waals surface area contributed by atoms with Crippen LogP contribution in [0.2, 0.25) is 0 Å². The molecule has 1 aliphatic heterocycles. The lowest BCUT2D eigenvalue weighted by molar-refractivity contribution is -0.143. The third kappa shape index (κ3) is 4.56. The number of aromatic nitrogens is 2. The molecule has 128 valence electrons. The van der Waals surface area contributed by atoms with Gasteiger partial charge in [0.2, 0.25) is 5.91 Å². The minimum Gasteiger partial charge on any atom is -0.460 e. The van der Waals surface area contributed by atoms with Crippen molar-refractivity contribution in [2.45, 2.75) is 45.9 Å². The fourth-order valence-electron chi connectivity index (χ4n) is 2.36. The van der Waals surface area contributed by atoms with Gasteiger partial charge in [0, 0.05) is 37.5 Å². The summed E-state index contributed by atoms with van der Waals surface area (Å²) in [5.41, 5.74) is -1.47. The number of nitrogens with zero attached hydrogens (tertiary/aromatic N) is 3. The molecule has 8 heteroatoms. The molecule has 2 heterocycles. The van der Waals surface area contributed by atoms with Gasteiger partial charge in [-0.3, -0.25) is 4.79 Å². The van der Waals surface area contributed by atoms with E-state index in [4.69, 9.17) is 4.74 Å².